The highest BCUT2D eigenvalue weighted by Crippen LogP contribution is 2.20. The van der Waals surface area contributed by atoms with Crippen LogP contribution in [0.5, 0.6) is 0 Å². The Labute approximate surface area is 159 Å². The molecule has 6 nitrogen and oxygen atoms in total. The monoisotopic (exact) mass is 445 g/mol. The van der Waals surface area contributed by atoms with E-state index >= 15 is 0 Å². The SMILES string of the molecule is CN=C(NCCCCOCCOC)NCC(OC)C(C)(C)C.I. The first kappa shape index (κ1) is 25.1. The highest BCUT2D eigenvalue weighted by atomic mass is 127. The number of nitrogens with one attached hydrogen (secondary N) is 2. The van der Waals surface area contributed by atoms with E-state index in [9.17, 15) is 0 Å². The van der Waals surface area contributed by atoms with Gasteiger partial charge < -0.3 is 24.8 Å². The Morgan fingerprint density at radius 2 is 1.74 bits per heavy atom. The van der Waals surface area contributed by atoms with Crippen molar-refractivity contribution < 1.29 is 14.2 Å². The van der Waals surface area contributed by atoms with Gasteiger partial charge in [0.1, 0.15) is 0 Å². The fourth-order valence-electron chi connectivity index (χ4n) is 1.93. The maximum absolute atomic E-state index is 5.53. The number of ether oxygens (including phenoxy) is 3. The summed E-state index contributed by atoms with van der Waals surface area (Å²) in [7, 11) is 5.21. The Kier molecular flexibility index (Phi) is 16.8. The second-order valence-electron chi connectivity index (χ2n) is 6.28. The van der Waals surface area contributed by atoms with Gasteiger partial charge in [0.15, 0.2) is 5.96 Å². The zero-order valence-electron chi connectivity index (χ0n) is 15.6. The van der Waals surface area contributed by atoms with Crippen molar-refractivity contribution in [2.75, 3.05) is 54.2 Å². The van der Waals surface area contributed by atoms with Crippen LogP contribution in [-0.2, 0) is 14.2 Å². The molecule has 0 bridgehead atoms. The average molecular weight is 445 g/mol. The van der Waals surface area contributed by atoms with Crippen molar-refractivity contribution in [2.45, 2.75) is 39.7 Å². The lowest BCUT2D eigenvalue weighted by Crippen LogP contribution is -2.45. The lowest BCUT2D eigenvalue weighted by Gasteiger charge is -2.30. The fraction of sp³-hybridized carbons (Fsp3) is 0.938. The van der Waals surface area contributed by atoms with E-state index < -0.39 is 0 Å². The predicted molar refractivity (Wildman–Crippen MR) is 107 cm³/mol. The predicted octanol–water partition coefficient (Wildman–Crippen LogP) is 2.27. The molecule has 0 saturated carbocycles. The van der Waals surface area contributed by atoms with Crippen LogP contribution in [0.1, 0.15) is 33.6 Å². The van der Waals surface area contributed by atoms with Crippen LogP contribution in [-0.4, -0.2) is 66.2 Å². The van der Waals surface area contributed by atoms with E-state index in [2.05, 4.69) is 36.4 Å². The summed E-state index contributed by atoms with van der Waals surface area (Å²) < 4.78 is 15.9. The van der Waals surface area contributed by atoms with Crippen molar-refractivity contribution in [3.8, 4) is 0 Å². The zero-order valence-corrected chi connectivity index (χ0v) is 17.9. The molecule has 0 heterocycles. The molecule has 0 amide bonds. The fourth-order valence-corrected chi connectivity index (χ4v) is 1.93. The van der Waals surface area contributed by atoms with Gasteiger partial charge in [0.25, 0.3) is 0 Å². The number of nitrogens with zero attached hydrogens (tertiary/aromatic N) is 1. The Balaban J connectivity index is 0. The summed E-state index contributed by atoms with van der Waals surface area (Å²) in [6.45, 7) is 10.2. The molecule has 140 valence electrons. The molecule has 2 N–H and O–H groups in total. The minimum absolute atomic E-state index is 0. The summed E-state index contributed by atoms with van der Waals surface area (Å²) in [5, 5.41) is 6.62. The molecule has 23 heavy (non-hydrogen) atoms. The van der Waals surface area contributed by atoms with Gasteiger partial charge in [-0.1, -0.05) is 20.8 Å². The van der Waals surface area contributed by atoms with Gasteiger partial charge in [0.2, 0.25) is 0 Å². The molecular weight excluding hydrogens is 409 g/mol. The van der Waals surface area contributed by atoms with Crippen LogP contribution >= 0.6 is 24.0 Å². The molecule has 0 radical (unpaired) electrons. The Morgan fingerprint density at radius 1 is 1.04 bits per heavy atom. The smallest absolute Gasteiger partial charge is 0.191 e. The second kappa shape index (κ2) is 15.4. The molecule has 0 aliphatic carbocycles. The second-order valence-corrected chi connectivity index (χ2v) is 6.28. The van der Waals surface area contributed by atoms with E-state index in [1.165, 1.54) is 0 Å². The first-order chi connectivity index (χ1) is 10.5. The quantitative estimate of drug-likeness (QED) is 0.221. The number of hydrogen-bond donors (Lipinski definition) is 2. The topological polar surface area (TPSA) is 64.1 Å². The van der Waals surface area contributed by atoms with Crippen molar-refractivity contribution in [3.05, 3.63) is 0 Å². The lowest BCUT2D eigenvalue weighted by atomic mass is 9.89. The van der Waals surface area contributed by atoms with E-state index in [-0.39, 0.29) is 35.5 Å². The minimum Gasteiger partial charge on any atom is -0.382 e. The molecule has 0 spiro atoms. The Morgan fingerprint density at radius 3 is 2.26 bits per heavy atom. The Hall–Kier alpha value is -0.120. The van der Waals surface area contributed by atoms with Crippen LogP contribution in [0, 0.1) is 5.41 Å². The third-order valence-electron chi connectivity index (χ3n) is 3.37. The third-order valence-corrected chi connectivity index (χ3v) is 3.37. The van der Waals surface area contributed by atoms with Crippen molar-refractivity contribution in [2.24, 2.45) is 10.4 Å². The van der Waals surface area contributed by atoms with Gasteiger partial charge >= 0.3 is 0 Å². The largest absolute Gasteiger partial charge is 0.382 e. The first-order valence-electron chi connectivity index (χ1n) is 7.99. The number of guanidine groups is 1. The van der Waals surface area contributed by atoms with Crippen molar-refractivity contribution in [3.63, 3.8) is 0 Å². The van der Waals surface area contributed by atoms with Crippen molar-refractivity contribution in [1.29, 1.82) is 0 Å². The molecule has 0 aromatic heterocycles. The zero-order chi connectivity index (χ0) is 16.8. The summed E-state index contributed by atoms with van der Waals surface area (Å²) in [6, 6.07) is 0. The van der Waals surface area contributed by atoms with Gasteiger partial charge in [-0.05, 0) is 18.3 Å². The molecule has 0 saturated heterocycles. The molecule has 0 fully saturated rings. The van der Waals surface area contributed by atoms with E-state index in [1.807, 2.05) is 0 Å². The molecule has 0 rings (SSSR count). The number of halogens is 1. The van der Waals surface area contributed by atoms with E-state index in [0.29, 0.717) is 13.2 Å². The summed E-state index contributed by atoms with van der Waals surface area (Å²) >= 11 is 0. The van der Waals surface area contributed by atoms with Crippen LogP contribution in [0.15, 0.2) is 4.99 Å². The summed E-state index contributed by atoms with van der Waals surface area (Å²) in [6.07, 6.45) is 2.21. The van der Waals surface area contributed by atoms with Crippen LogP contribution in [0.2, 0.25) is 0 Å². The van der Waals surface area contributed by atoms with Gasteiger partial charge in [-0.15, -0.1) is 24.0 Å². The van der Waals surface area contributed by atoms with Crippen LogP contribution in [0.3, 0.4) is 0 Å². The number of unbranched alkanes of at least 4 members (excludes halogenated alkanes) is 1. The summed E-state index contributed by atoms with van der Waals surface area (Å²) in [5.41, 5.74) is 0.0974. The van der Waals surface area contributed by atoms with Gasteiger partial charge in [-0.2, -0.15) is 0 Å². The van der Waals surface area contributed by atoms with E-state index in [1.54, 1.807) is 21.3 Å². The van der Waals surface area contributed by atoms with Crippen molar-refractivity contribution >= 4 is 29.9 Å². The molecule has 1 unspecified atom stereocenters. The van der Waals surface area contributed by atoms with Crippen molar-refractivity contribution in [1.82, 2.24) is 10.6 Å². The maximum atomic E-state index is 5.53. The molecule has 0 aromatic carbocycles. The molecule has 7 heteroatoms. The van der Waals surface area contributed by atoms with Gasteiger partial charge in [-0.25, -0.2) is 0 Å². The number of methoxy groups -OCH3 is 2. The van der Waals surface area contributed by atoms with Gasteiger partial charge in [0, 0.05) is 41.0 Å². The lowest BCUT2D eigenvalue weighted by molar-refractivity contribution is 0.0205. The number of rotatable bonds is 11. The number of hydrogen-bond acceptors (Lipinski definition) is 4. The Bertz CT molecular complexity index is 297. The van der Waals surface area contributed by atoms with E-state index in [0.717, 1.165) is 38.5 Å². The molecule has 1 atom stereocenters. The molecule has 0 aliphatic rings. The average Bonchev–Trinajstić information content (AvgIpc) is 2.47. The standard InChI is InChI=1S/C16H35N3O3.HI/c1-16(2,3)14(21-6)13-19-15(17-4)18-9-7-8-10-22-12-11-20-5;/h14H,7-13H2,1-6H3,(H2,17,18,19);1H. The highest BCUT2D eigenvalue weighted by Gasteiger charge is 2.24. The number of aliphatic imine (C=N–C) groups is 1. The van der Waals surface area contributed by atoms with Crippen LogP contribution < -0.4 is 10.6 Å². The molecule has 0 aliphatic heterocycles. The van der Waals surface area contributed by atoms with Crippen LogP contribution in [0.25, 0.3) is 0 Å². The summed E-state index contributed by atoms with van der Waals surface area (Å²) in [4.78, 5) is 4.23. The normalized spacial score (nSPS) is 13.4. The third kappa shape index (κ3) is 14.0. The first-order valence-corrected chi connectivity index (χ1v) is 7.99. The molecular formula is C16H36IN3O3. The van der Waals surface area contributed by atoms with Crippen LogP contribution in [0.4, 0.5) is 0 Å². The highest BCUT2D eigenvalue weighted by molar-refractivity contribution is 14.0. The maximum Gasteiger partial charge on any atom is 0.191 e. The van der Waals surface area contributed by atoms with Gasteiger partial charge in [0.05, 0.1) is 19.3 Å². The van der Waals surface area contributed by atoms with Gasteiger partial charge in [-0.3, -0.25) is 4.99 Å². The molecule has 0 aromatic rings. The minimum atomic E-state index is 0. The summed E-state index contributed by atoms with van der Waals surface area (Å²) in [5.74, 6) is 0.812. The van der Waals surface area contributed by atoms with E-state index in [4.69, 9.17) is 14.2 Å².